The number of anilines is 1. The number of hydrogen-bond acceptors (Lipinski definition) is 7. The van der Waals surface area contributed by atoms with Crippen molar-refractivity contribution < 1.29 is 32.3 Å². The fraction of sp³-hybridized carbons (Fsp3) is 0.368. The Morgan fingerprint density at radius 1 is 1.26 bits per heavy atom. The van der Waals surface area contributed by atoms with E-state index < -0.39 is 36.1 Å². The van der Waals surface area contributed by atoms with E-state index in [2.05, 4.69) is 10.3 Å². The zero-order valence-corrected chi connectivity index (χ0v) is 18.3. The number of aromatic nitrogens is 1. The number of alkyl halides is 3. The van der Waals surface area contributed by atoms with Gasteiger partial charge in [-0.25, -0.2) is 4.98 Å². The zero-order chi connectivity index (χ0) is 23.0. The van der Waals surface area contributed by atoms with E-state index in [0.717, 1.165) is 28.8 Å². The Labute approximate surface area is 185 Å². The molecule has 0 radical (unpaired) electrons. The van der Waals surface area contributed by atoms with Crippen molar-refractivity contribution in [3.8, 4) is 0 Å². The van der Waals surface area contributed by atoms with Gasteiger partial charge < -0.3 is 15.0 Å². The molecule has 2 rings (SSSR count). The summed E-state index contributed by atoms with van der Waals surface area (Å²) in [6.45, 7) is 1.58. The minimum Gasteiger partial charge on any atom is -0.466 e. The lowest BCUT2D eigenvalue weighted by atomic mass is 10.1. The van der Waals surface area contributed by atoms with Crippen LogP contribution in [0.25, 0.3) is 0 Å². The first-order valence-electron chi connectivity index (χ1n) is 9.03. The summed E-state index contributed by atoms with van der Waals surface area (Å²) in [7, 11) is 1.38. The summed E-state index contributed by atoms with van der Waals surface area (Å²) < 4.78 is 44.5. The smallest absolute Gasteiger partial charge is 0.418 e. The Hall–Kier alpha value is -2.60. The van der Waals surface area contributed by atoms with Crippen LogP contribution in [0.2, 0.25) is 0 Å². The molecule has 0 atom stereocenters. The number of para-hydroxylation sites is 1. The van der Waals surface area contributed by atoms with Gasteiger partial charge in [-0.1, -0.05) is 23.9 Å². The summed E-state index contributed by atoms with van der Waals surface area (Å²) in [4.78, 5) is 41.2. The normalized spacial score (nSPS) is 11.1. The number of halogens is 3. The second-order valence-corrected chi connectivity index (χ2v) is 8.30. The van der Waals surface area contributed by atoms with Crippen LogP contribution in [0, 0.1) is 0 Å². The molecule has 0 spiro atoms. The number of hydrogen-bond donors (Lipinski definition) is 1. The highest BCUT2D eigenvalue weighted by Crippen LogP contribution is 2.34. The van der Waals surface area contributed by atoms with Crippen LogP contribution >= 0.6 is 23.1 Å². The number of benzene rings is 1. The maximum atomic E-state index is 13.0. The average molecular weight is 476 g/mol. The van der Waals surface area contributed by atoms with Crippen molar-refractivity contribution in [1.29, 1.82) is 0 Å². The molecule has 168 valence electrons. The third-order valence-electron chi connectivity index (χ3n) is 3.79. The van der Waals surface area contributed by atoms with Crippen LogP contribution in [0.5, 0.6) is 0 Å². The molecular formula is C19H20F3N3O4S2. The summed E-state index contributed by atoms with van der Waals surface area (Å²) in [5.41, 5.74) is -0.795. The van der Waals surface area contributed by atoms with Crippen molar-refractivity contribution in [2.75, 3.05) is 31.3 Å². The highest BCUT2D eigenvalue weighted by atomic mass is 32.2. The SMILES string of the molecule is CCOC(=O)Cc1csc(SCC(=O)N(C)CC(=O)Nc2ccccc2C(F)(F)F)n1. The second-order valence-electron chi connectivity index (χ2n) is 6.22. The minimum atomic E-state index is -4.61. The first kappa shape index (κ1) is 24.7. The minimum absolute atomic E-state index is 0.0186. The molecule has 31 heavy (non-hydrogen) atoms. The van der Waals surface area contributed by atoms with E-state index in [0.29, 0.717) is 10.0 Å². The quantitative estimate of drug-likeness (QED) is 0.442. The summed E-state index contributed by atoms with van der Waals surface area (Å²) in [5, 5.41) is 3.89. The number of nitrogens with one attached hydrogen (secondary N) is 1. The van der Waals surface area contributed by atoms with Crippen molar-refractivity contribution >= 4 is 46.6 Å². The van der Waals surface area contributed by atoms with E-state index in [1.54, 1.807) is 12.3 Å². The summed E-state index contributed by atoms with van der Waals surface area (Å²) in [5.74, 6) is -1.55. The number of ether oxygens (including phenoxy) is 1. The lowest BCUT2D eigenvalue weighted by Crippen LogP contribution is -2.36. The van der Waals surface area contributed by atoms with E-state index >= 15 is 0 Å². The molecule has 1 heterocycles. The Kier molecular flexibility index (Phi) is 8.87. The lowest BCUT2D eigenvalue weighted by Gasteiger charge is -2.18. The molecule has 0 unspecified atom stereocenters. The number of esters is 1. The first-order chi connectivity index (χ1) is 14.6. The molecule has 0 aliphatic carbocycles. The van der Waals surface area contributed by atoms with E-state index in [1.165, 1.54) is 30.5 Å². The van der Waals surface area contributed by atoms with E-state index in [4.69, 9.17) is 4.74 Å². The molecule has 2 amide bonds. The Morgan fingerprint density at radius 2 is 1.97 bits per heavy atom. The van der Waals surface area contributed by atoms with Gasteiger partial charge in [-0.15, -0.1) is 11.3 Å². The number of carbonyl (C=O) groups is 3. The highest BCUT2D eigenvalue weighted by molar-refractivity contribution is 8.01. The maximum Gasteiger partial charge on any atom is 0.418 e. The number of rotatable bonds is 9. The molecule has 0 saturated carbocycles. The fourth-order valence-corrected chi connectivity index (χ4v) is 4.15. The second kappa shape index (κ2) is 11.1. The number of likely N-dealkylation sites (N-methyl/N-ethyl adjacent to an activating group) is 1. The molecular weight excluding hydrogens is 455 g/mol. The third-order valence-corrected chi connectivity index (χ3v) is 5.85. The van der Waals surface area contributed by atoms with Crippen molar-refractivity contribution in [1.82, 2.24) is 9.88 Å². The monoisotopic (exact) mass is 475 g/mol. The summed E-state index contributed by atoms with van der Waals surface area (Å²) in [6, 6.07) is 4.61. The van der Waals surface area contributed by atoms with Crippen LogP contribution in [-0.2, 0) is 31.7 Å². The number of thiazole rings is 1. The highest BCUT2D eigenvalue weighted by Gasteiger charge is 2.33. The lowest BCUT2D eigenvalue weighted by molar-refractivity contribution is -0.142. The molecule has 7 nitrogen and oxygen atoms in total. The first-order valence-corrected chi connectivity index (χ1v) is 10.9. The predicted molar refractivity (Wildman–Crippen MR) is 111 cm³/mol. The molecule has 1 aromatic heterocycles. The summed E-state index contributed by atoms with van der Waals surface area (Å²) >= 11 is 2.41. The fourth-order valence-electron chi connectivity index (χ4n) is 2.36. The van der Waals surface area contributed by atoms with Gasteiger partial charge in [0.25, 0.3) is 0 Å². The van der Waals surface area contributed by atoms with Gasteiger partial charge in [-0.2, -0.15) is 13.2 Å². The number of carbonyl (C=O) groups excluding carboxylic acids is 3. The van der Waals surface area contributed by atoms with Gasteiger partial charge in [0.05, 0.1) is 42.3 Å². The molecule has 0 aliphatic heterocycles. The van der Waals surface area contributed by atoms with E-state index in [1.807, 2.05) is 0 Å². The van der Waals surface area contributed by atoms with Gasteiger partial charge in [0.15, 0.2) is 4.34 Å². The van der Waals surface area contributed by atoms with Crippen molar-refractivity contribution in [3.05, 3.63) is 40.9 Å². The molecule has 0 fully saturated rings. The average Bonchev–Trinajstić information content (AvgIpc) is 3.12. The number of amides is 2. The molecule has 12 heteroatoms. The van der Waals surface area contributed by atoms with Crippen LogP contribution in [0.15, 0.2) is 34.0 Å². The molecule has 1 aromatic carbocycles. The molecule has 2 aromatic rings. The predicted octanol–water partition coefficient (Wildman–Crippen LogP) is 3.46. The Balaban J connectivity index is 1.84. The van der Waals surface area contributed by atoms with Crippen molar-refractivity contribution in [2.45, 2.75) is 23.9 Å². The molecule has 1 N–H and O–H groups in total. The van der Waals surface area contributed by atoms with Gasteiger partial charge in [0.1, 0.15) is 0 Å². The van der Waals surface area contributed by atoms with E-state index in [9.17, 15) is 27.6 Å². The number of nitrogens with zero attached hydrogens (tertiary/aromatic N) is 2. The van der Waals surface area contributed by atoms with Crippen LogP contribution in [0.3, 0.4) is 0 Å². The van der Waals surface area contributed by atoms with Gasteiger partial charge in [0.2, 0.25) is 11.8 Å². The Bertz CT molecular complexity index is 934. The van der Waals surface area contributed by atoms with Crippen LogP contribution < -0.4 is 5.32 Å². The molecule has 0 saturated heterocycles. The van der Waals surface area contributed by atoms with E-state index in [-0.39, 0.29) is 24.5 Å². The van der Waals surface area contributed by atoms with Crippen molar-refractivity contribution in [2.24, 2.45) is 0 Å². The Morgan fingerprint density at radius 3 is 2.65 bits per heavy atom. The largest absolute Gasteiger partial charge is 0.466 e. The zero-order valence-electron chi connectivity index (χ0n) is 16.7. The van der Waals surface area contributed by atoms with Crippen LogP contribution in [-0.4, -0.2) is 53.6 Å². The van der Waals surface area contributed by atoms with Gasteiger partial charge in [0, 0.05) is 12.4 Å². The third kappa shape index (κ3) is 7.87. The molecule has 0 aliphatic rings. The maximum absolute atomic E-state index is 13.0. The van der Waals surface area contributed by atoms with Gasteiger partial charge >= 0.3 is 12.1 Å². The van der Waals surface area contributed by atoms with Crippen molar-refractivity contribution in [3.63, 3.8) is 0 Å². The van der Waals surface area contributed by atoms with Crippen LogP contribution in [0.1, 0.15) is 18.2 Å². The van der Waals surface area contributed by atoms with Gasteiger partial charge in [-0.3, -0.25) is 14.4 Å². The molecule has 0 bridgehead atoms. The standard InChI is InChI=1S/C19H20F3N3O4S2/c1-3-29-17(28)8-12-10-30-18(23-12)31-11-16(27)25(2)9-15(26)24-14-7-5-4-6-13(14)19(20,21)22/h4-7,10H,3,8-9,11H2,1-2H3,(H,24,26). The number of thioether (sulfide) groups is 1. The topological polar surface area (TPSA) is 88.6 Å². The van der Waals surface area contributed by atoms with Crippen LogP contribution in [0.4, 0.5) is 18.9 Å². The van der Waals surface area contributed by atoms with Gasteiger partial charge in [-0.05, 0) is 19.1 Å². The summed E-state index contributed by atoms with van der Waals surface area (Å²) in [6.07, 6.45) is -4.57.